The molecule has 1 aromatic heterocycles. The van der Waals surface area contributed by atoms with Crippen LogP contribution in [0.2, 0.25) is 0 Å². The zero-order chi connectivity index (χ0) is 7.52. The van der Waals surface area contributed by atoms with Crippen LogP contribution in [0.25, 0.3) is 0 Å². The number of thiophene rings is 1. The number of rotatable bonds is 1. The fourth-order valence-electron chi connectivity index (χ4n) is 1.64. The van der Waals surface area contributed by atoms with Crippen molar-refractivity contribution in [2.45, 2.75) is 18.8 Å². The lowest BCUT2D eigenvalue weighted by Gasteiger charge is -2.21. The van der Waals surface area contributed by atoms with Crippen molar-refractivity contribution in [3.8, 4) is 0 Å². The fraction of sp³-hybridized carbons (Fsp3) is 0.556. The lowest BCUT2D eigenvalue weighted by molar-refractivity contribution is 0.462. The standard InChI is InChI=1S/C9H13NS.ClH/c1-2-8(6-10-4-1)9-3-5-11-7-9;/h3,5,7-8,10H,1-2,4,6H2;1H. The molecule has 3 heteroatoms. The minimum atomic E-state index is 0. The molecule has 0 aliphatic carbocycles. The summed E-state index contributed by atoms with van der Waals surface area (Å²) in [5.74, 6) is 0.787. The van der Waals surface area contributed by atoms with E-state index in [9.17, 15) is 0 Å². The average Bonchev–Trinajstić information content (AvgIpc) is 2.58. The van der Waals surface area contributed by atoms with Crippen LogP contribution < -0.4 is 5.32 Å². The van der Waals surface area contributed by atoms with Gasteiger partial charge in [-0.05, 0) is 47.7 Å². The molecule has 0 radical (unpaired) electrons. The van der Waals surface area contributed by atoms with Gasteiger partial charge < -0.3 is 5.32 Å². The molecular formula is C9H14ClNS. The van der Waals surface area contributed by atoms with Crippen LogP contribution in [0.4, 0.5) is 0 Å². The molecule has 12 heavy (non-hydrogen) atoms. The molecule has 0 amide bonds. The van der Waals surface area contributed by atoms with Crippen LogP contribution in [0.1, 0.15) is 24.3 Å². The molecule has 1 N–H and O–H groups in total. The van der Waals surface area contributed by atoms with E-state index < -0.39 is 0 Å². The normalized spacial score (nSPS) is 23.2. The largest absolute Gasteiger partial charge is 0.316 e. The van der Waals surface area contributed by atoms with Gasteiger partial charge in [-0.1, -0.05) is 0 Å². The molecule has 68 valence electrons. The molecule has 0 aromatic carbocycles. The van der Waals surface area contributed by atoms with E-state index in [1.54, 1.807) is 11.3 Å². The Hall–Kier alpha value is -0.0500. The molecule has 1 aromatic rings. The number of piperidine rings is 1. The summed E-state index contributed by atoms with van der Waals surface area (Å²) in [5, 5.41) is 7.87. The minimum Gasteiger partial charge on any atom is -0.316 e. The predicted octanol–water partition coefficient (Wildman–Crippen LogP) is 2.64. The first-order chi connectivity index (χ1) is 5.47. The summed E-state index contributed by atoms with van der Waals surface area (Å²) in [6, 6.07) is 2.25. The van der Waals surface area contributed by atoms with Crippen molar-refractivity contribution in [2.24, 2.45) is 0 Å². The summed E-state index contributed by atoms with van der Waals surface area (Å²) in [4.78, 5) is 0. The SMILES string of the molecule is Cl.c1cc(C2CCCNC2)cs1. The van der Waals surface area contributed by atoms with E-state index in [1.807, 2.05) is 0 Å². The maximum Gasteiger partial charge on any atom is 0.00204 e. The Balaban J connectivity index is 0.000000720. The van der Waals surface area contributed by atoms with Crippen molar-refractivity contribution in [1.29, 1.82) is 0 Å². The summed E-state index contributed by atoms with van der Waals surface area (Å²) in [5.41, 5.74) is 1.53. The second-order valence-corrected chi connectivity index (χ2v) is 3.88. The van der Waals surface area contributed by atoms with Gasteiger partial charge in [-0.15, -0.1) is 12.4 Å². The summed E-state index contributed by atoms with van der Waals surface area (Å²) in [6.45, 7) is 2.39. The van der Waals surface area contributed by atoms with Gasteiger partial charge in [0.2, 0.25) is 0 Å². The predicted molar refractivity (Wildman–Crippen MR) is 56.4 cm³/mol. The van der Waals surface area contributed by atoms with Gasteiger partial charge in [-0.2, -0.15) is 11.3 Å². The Labute approximate surface area is 83.6 Å². The molecule has 1 aliphatic heterocycles. The molecule has 0 bridgehead atoms. The van der Waals surface area contributed by atoms with E-state index >= 15 is 0 Å². The number of hydrogen-bond donors (Lipinski definition) is 1. The highest BCUT2D eigenvalue weighted by molar-refractivity contribution is 7.07. The van der Waals surface area contributed by atoms with Crippen LogP contribution in [-0.2, 0) is 0 Å². The highest BCUT2D eigenvalue weighted by Crippen LogP contribution is 2.24. The third-order valence-electron chi connectivity index (χ3n) is 2.31. The summed E-state index contributed by atoms with van der Waals surface area (Å²) in [6.07, 6.45) is 2.70. The first kappa shape index (κ1) is 10.0. The quantitative estimate of drug-likeness (QED) is 0.740. The van der Waals surface area contributed by atoms with Crippen molar-refractivity contribution >= 4 is 23.7 Å². The van der Waals surface area contributed by atoms with Gasteiger partial charge in [0.25, 0.3) is 0 Å². The molecular weight excluding hydrogens is 190 g/mol. The second kappa shape index (κ2) is 4.85. The summed E-state index contributed by atoms with van der Waals surface area (Å²) >= 11 is 1.81. The molecule has 1 nitrogen and oxygen atoms in total. The Morgan fingerprint density at radius 3 is 3.00 bits per heavy atom. The van der Waals surface area contributed by atoms with Gasteiger partial charge in [-0.25, -0.2) is 0 Å². The zero-order valence-electron chi connectivity index (χ0n) is 6.95. The highest BCUT2D eigenvalue weighted by Gasteiger charge is 2.14. The molecule has 0 saturated carbocycles. The van der Waals surface area contributed by atoms with Gasteiger partial charge >= 0.3 is 0 Å². The zero-order valence-corrected chi connectivity index (χ0v) is 8.59. The lowest BCUT2D eigenvalue weighted by Crippen LogP contribution is -2.28. The maximum atomic E-state index is 3.43. The van der Waals surface area contributed by atoms with Crippen LogP contribution in [0.3, 0.4) is 0 Å². The Bertz CT molecular complexity index is 204. The Morgan fingerprint density at radius 2 is 2.42 bits per heavy atom. The maximum absolute atomic E-state index is 3.43. The molecule has 2 rings (SSSR count). The van der Waals surface area contributed by atoms with Crippen molar-refractivity contribution in [3.05, 3.63) is 22.4 Å². The molecule has 0 spiro atoms. The van der Waals surface area contributed by atoms with Crippen molar-refractivity contribution in [2.75, 3.05) is 13.1 Å². The van der Waals surface area contributed by atoms with Crippen LogP contribution in [0.5, 0.6) is 0 Å². The summed E-state index contributed by atoms with van der Waals surface area (Å²) < 4.78 is 0. The number of nitrogens with one attached hydrogen (secondary N) is 1. The van der Waals surface area contributed by atoms with E-state index in [4.69, 9.17) is 0 Å². The summed E-state index contributed by atoms with van der Waals surface area (Å²) in [7, 11) is 0. The molecule has 1 fully saturated rings. The van der Waals surface area contributed by atoms with Gasteiger partial charge in [0.05, 0.1) is 0 Å². The van der Waals surface area contributed by atoms with Crippen molar-refractivity contribution in [1.82, 2.24) is 5.32 Å². The Kier molecular flexibility index (Phi) is 4.06. The lowest BCUT2D eigenvalue weighted by atomic mass is 9.94. The molecule has 1 aliphatic rings. The van der Waals surface area contributed by atoms with E-state index in [2.05, 4.69) is 22.1 Å². The van der Waals surface area contributed by atoms with Crippen molar-refractivity contribution < 1.29 is 0 Å². The van der Waals surface area contributed by atoms with Crippen molar-refractivity contribution in [3.63, 3.8) is 0 Å². The van der Waals surface area contributed by atoms with Crippen LogP contribution in [0, 0.1) is 0 Å². The van der Waals surface area contributed by atoms with Crippen LogP contribution in [-0.4, -0.2) is 13.1 Å². The van der Waals surface area contributed by atoms with E-state index in [0.29, 0.717) is 0 Å². The van der Waals surface area contributed by atoms with Gasteiger partial charge in [0.1, 0.15) is 0 Å². The number of hydrogen-bond acceptors (Lipinski definition) is 2. The van der Waals surface area contributed by atoms with Crippen LogP contribution >= 0.6 is 23.7 Å². The monoisotopic (exact) mass is 203 g/mol. The molecule has 1 atom stereocenters. The molecule has 2 heterocycles. The van der Waals surface area contributed by atoms with E-state index in [0.717, 1.165) is 5.92 Å². The first-order valence-corrected chi connectivity index (χ1v) is 5.14. The van der Waals surface area contributed by atoms with Gasteiger partial charge in [-0.3, -0.25) is 0 Å². The van der Waals surface area contributed by atoms with Gasteiger partial charge in [0.15, 0.2) is 0 Å². The number of halogens is 1. The fourth-order valence-corrected chi connectivity index (χ4v) is 2.39. The smallest absolute Gasteiger partial charge is 0.00204 e. The molecule has 1 unspecified atom stereocenters. The molecule has 1 saturated heterocycles. The third kappa shape index (κ3) is 2.22. The minimum absolute atomic E-state index is 0. The van der Waals surface area contributed by atoms with Crippen LogP contribution in [0.15, 0.2) is 16.8 Å². The second-order valence-electron chi connectivity index (χ2n) is 3.10. The first-order valence-electron chi connectivity index (χ1n) is 4.19. The topological polar surface area (TPSA) is 12.0 Å². The third-order valence-corrected chi connectivity index (χ3v) is 3.01. The Morgan fingerprint density at radius 1 is 1.50 bits per heavy atom. The highest BCUT2D eigenvalue weighted by atomic mass is 35.5. The van der Waals surface area contributed by atoms with E-state index in [1.165, 1.54) is 31.5 Å². The van der Waals surface area contributed by atoms with Gasteiger partial charge in [0, 0.05) is 6.54 Å². The average molecular weight is 204 g/mol. The van der Waals surface area contributed by atoms with E-state index in [-0.39, 0.29) is 12.4 Å².